The minimum absolute atomic E-state index is 0.0294. The van der Waals surface area contributed by atoms with E-state index in [-0.39, 0.29) is 6.61 Å². The second-order valence-corrected chi connectivity index (χ2v) is 1.93. The molecule has 0 bridgehead atoms. The van der Waals surface area contributed by atoms with Crippen molar-refractivity contribution in [3.8, 4) is 0 Å². The van der Waals surface area contributed by atoms with E-state index in [9.17, 15) is 0 Å². The molecule has 0 amide bonds. The molecule has 0 unspecified atom stereocenters. The Kier molecular flexibility index (Phi) is 12.5. The fraction of sp³-hybridized carbons (Fsp3) is 0.545. The molecule has 1 aromatic rings. The minimum atomic E-state index is 0.0294. The summed E-state index contributed by atoms with van der Waals surface area (Å²) in [5.74, 6) is 0. The summed E-state index contributed by atoms with van der Waals surface area (Å²) in [6.07, 6.45) is 0. The normalized spacial score (nSPS) is 7.54. The number of aromatic nitrogens is 1. The number of aliphatic hydroxyl groups is 1. The minimum Gasteiger partial charge on any atom is -0.390 e. The van der Waals surface area contributed by atoms with Crippen LogP contribution in [0.5, 0.6) is 0 Å². The Morgan fingerprint density at radius 3 is 2.00 bits per heavy atom. The molecule has 2 heteroatoms. The Labute approximate surface area is 81.6 Å². The Bertz CT molecular complexity index is 199. The van der Waals surface area contributed by atoms with Gasteiger partial charge < -0.3 is 5.11 Å². The molecule has 0 radical (unpaired) electrons. The number of nitrogens with zero attached hydrogens (tertiary/aromatic N) is 1. The number of hydrogen-bond donors (Lipinski definition) is 1. The summed E-state index contributed by atoms with van der Waals surface area (Å²) in [5, 5.41) is 8.60. The van der Waals surface area contributed by atoms with E-state index in [1.807, 2.05) is 46.8 Å². The smallest absolute Gasteiger partial charge is 0.0853 e. The van der Waals surface area contributed by atoms with Gasteiger partial charge in [-0.25, -0.2) is 0 Å². The van der Waals surface area contributed by atoms with Crippen LogP contribution in [-0.4, -0.2) is 10.1 Å². The van der Waals surface area contributed by atoms with Crippen molar-refractivity contribution in [3.63, 3.8) is 0 Å². The van der Waals surface area contributed by atoms with E-state index in [0.29, 0.717) is 0 Å². The Balaban J connectivity index is 0. The van der Waals surface area contributed by atoms with Crippen LogP contribution < -0.4 is 0 Å². The van der Waals surface area contributed by atoms with Crippen molar-refractivity contribution in [3.05, 3.63) is 29.6 Å². The quantitative estimate of drug-likeness (QED) is 0.726. The van der Waals surface area contributed by atoms with E-state index in [2.05, 4.69) is 4.98 Å². The molecule has 0 aromatic carbocycles. The van der Waals surface area contributed by atoms with Gasteiger partial charge >= 0.3 is 0 Å². The van der Waals surface area contributed by atoms with Crippen LogP contribution in [0.1, 0.15) is 39.1 Å². The van der Waals surface area contributed by atoms with Gasteiger partial charge in [0.15, 0.2) is 0 Å². The number of aliphatic hydroxyl groups excluding tert-OH is 1. The summed E-state index contributed by atoms with van der Waals surface area (Å²) >= 11 is 0. The van der Waals surface area contributed by atoms with Gasteiger partial charge in [-0.05, 0) is 19.1 Å². The van der Waals surface area contributed by atoms with Gasteiger partial charge in [0, 0.05) is 5.69 Å². The topological polar surface area (TPSA) is 33.1 Å². The van der Waals surface area contributed by atoms with E-state index < -0.39 is 0 Å². The molecule has 0 atom stereocenters. The highest BCUT2D eigenvalue weighted by Crippen LogP contribution is 1.96. The number of rotatable bonds is 1. The first kappa shape index (κ1) is 14.6. The summed E-state index contributed by atoms with van der Waals surface area (Å²) in [4.78, 5) is 4.04. The SMILES string of the molecule is CC.CC.Cc1cccc(CO)n1. The number of pyridine rings is 1. The van der Waals surface area contributed by atoms with Crippen molar-refractivity contribution in [1.82, 2.24) is 4.98 Å². The first-order chi connectivity index (χ1) is 6.33. The first-order valence-electron chi connectivity index (χ1n) is 4.86. The van der Waals surface area contributed by atoms with E-state index in [4.69, 9.17) is 5.11 Å². The first-order valence-corrected chi connectivity index (χ1v) is 4.86. The predicted molar refractivity (Wildman–Crippen MR) is 57.6 cm³/mol. The lowest BCUT2D eigenvalue weighted by atomic mass is 10.3. The molecule has 1 rings (SSSR count). The lowest BCUT2D eigenvalue weighted by molar-refractivity contribution is 0.276. The Hall–Kier alpha value is -0.890. The molecular formula is C11H21NO. The molecular weight excluding hydrogens is 162 g/mol. The Morgan fingerprint density at radius 1 is 1.15 bits per heavy atom. The van der Waals surface area contributed by atoms with Gasteiger partial charge in [0.2, 0.25) is 0 Å². The van der Waals surface area contributed by atoms with Crippen molar-refractivity contribution < 1.29 is 5.11 Å². The number of hydrogen-bond acceptors (Lipinski definition) is 2. The molecule has 0 saturated carbocycles. The summed E-state index contributed by atoms with van der Waals surface area (Å²) in [6.45, 7) is 9.93. The maximum atomic E-state index is 8.60. The highest BCUT2D eigenvalue weighted by atomic mass is 16.3. The molecule has 1 aromatic heterocycles. The van der Waals surface area contributed by atoms with Gasteiger partial charge in [0.1, 0.15) is 0 Å². The van der Waals surface area contributed by atoms with Crippen LogP contribution in [0.25, 0.3) is 0 Å². The maximum Gasteiger partial charge on any atom is 0.0853 e. The van der Waals surface area contributed by atoms with Crippen molar-refractivity contribution >= 4 is 0 Å². The average molecular weight is 183 g/mol. The standard InChI is InChI=1S/C7H9NO.2C2H6/c1-6-3-2-4-7(5-9)8-6;2*1-2/h2-4,9H,5H2,1H3;2*1-2H3. The Morgan fingerprint density at radius 2 is 1.69 bits per heavy atom. The zero-order valence-electron chi connectivity index (χ0n) is 9.33. The molecule has 0 spiro atoms. The van der Waals surface area contributed by atoms with Crippen LogP contribution in [0.2, 0.25) is 0 Å². The molecule has 13 heavy (non-hydrogen) atoms. The maximum absolute atomic E-state index is 8.60. The predicted octanol–water partition coefficient (Wildman–Crippen LogP) is 2.93. The fourth-order valence-electron chi connectivity index (χ4n) is 0.688. The monoisotopic (exact) mass is 183 g/mol. The van der Waals surface area contributed by atoms with Crippen molar-refractivity contribution in [2.45, 2.75) is 41.2 Å². The summed E-state index contributed by atoms with van der Waals surface area (Å²) in [5.41, 5.74) is 1.68. The molecule has 1 N–H and O–H groups in total. The molecule has 0 fully saturated rings. The molecule has 0 aliphatic rings. The third kappa shape index (κ3) is 7.47. The van der Waals surface area contributed by atoms with Gasteiger partial charge in [0.25, 0.3) is 0 Å². The second kappa shape index (κ2) is 11.1. The highest BCUT2D eigenvalue weighted by Gasteiger charge is 1.88. The lowest BCUT2D eigenvalue weighted by Gasteiger charge is -1.93. The molecule has 1 heterocycles. The third-order valence-electron chi connectivity index (χ3n) is 1.11. The third-order valence-corrected chi connectivity index (χ3v) is 1.11. The summed E-state index contributed by atoms with van der Waals surface area (Å²) in [6, 6.07) is 5.58. The number of aryl methyl sites for hydroxylation is 1. The van der Waals surface area contributed by atoms with Crippen LogP contribution >= 0.6 is 0 Å². The average Bonchev–Trinajstić information content (AvgIpc) is 2.24. The van der Waals surface area contributed by atoms with Crippen molar-refractivity contribution in [1.29, 1.82) is 0 Å². The molecule has 2 nitrogen and oxygen atoms in total. The molecule has 76 valence electrons. The molecule has 0 aliphatic heterocycles. The zero-order valence-corrected chi connectivity index (χ0v) is 9.33. The van der Waals surface area contributed by atoms with Gasteiger partial charge in [-0.2, -0.15) is 0 Å². The van der Waals surface area contributed by atoms with Gasteiger partial charge in [-0.15, -0.1) is 0 Å². The molecule has 0 aliphatic carbocycles. The van der Waals surface area contributed by atoms with Crippen molar-refractivity contribution in [2.75, 3.05) is 0 Å². The largest absolute Gasteiger partial charge is 0.390 e. The molecule has 0 saturated heterocycles. The van der Waals surface area contributed by atoms with E-state index in [1.165, 1.54) is 0 Å². The van der Waals surface area contributed by atoms with Crippen LogP contribution in [-0.2, 0) is 6.61 Å². The van der Waals surface area contributed by atoms with Crippen LogP contribution in [0, 0.1) is 6.92 Å². The van der Waals surface area contributed by atoms with Gasteiger partial charge in [-0.3, -0.25) is 4.98 Å². The van der Waals surface area contributed by atoms with E-state index >= 15 is 0 Å². The van der Waals surface area contributed by atoms with E-state index in [1.54, 1.807) is 6.07 Å². The lowest BCUT2D eigenvalue weighted by Crippen LogP contribution is -1.89. The van der Waals surface area contributed by atoms with Gasteiger partial charge in [0.05, 0.1) is 12.3 Å². The van der Waals surface area contributed by atoms with Crippen LogP contribution in [0.3, 0.4) is 0 Å². The fourth-order valence-corrected chi connectivity index (χ4v) is 0.688. The van der Waals surface area contributed by atoms with Crippen LogP contribution in [0.15, 0.2) is 18.2 Å². The second-order valence-electron chi connectivity index (χ2n) is 1.93. The summed E-state index contributed by atoms with van der Waals surface area (Å²) < 4.78 is 0. The van der Waals surface area contributed by atoms with Crippen molar-refractivity contribution in [2.24, 2.45) is 0 Å². The highest BCUT2D eigenvalue weighted by molar-refractivity contribution is 5.08. The van der Waals surface area contributed by atoms with E-state index in [0.717, 1.165) is 11.4 Å². The van der Waals surface area contributed by atoms with Gasteiger partial charge in [-0.1, -0.05) is 33.8 Å². The zero-order chi connectivity index (χ0) is 10.7. The summed E-state index contributed by atoms with van der Waals surface area (Å²) in [7, 11) is 0. The van der Waals surface area contributed by atoms with Crippen LogP contribution in [0.4, 0.5) is 0 Å².